The first kappa shape index (κ1) is 24.5. The van der Waals surface area contributed by atoms with Gasteiger partial charge in [0.05, 0.1) is 13.2 Å². The van der Waals surface area contributed by atoms with Crippen LogP contribution in [0.4, 0.5) is 28.1 Å². The molecule has 2 aromatic rings. The average molecular weight is 459 g/mol. The highest BCUT2D eigenvalue weighted by atomic mass is 31.2. The predicted molar refractivity (Wildman–Crippen MR) is 119 cm³/mol. The maximum atomic E-state index is 12.2. The molecular formula is C16H30N9O5P. The van der Waals surface area contributed by atoms with E-state index in [0.717, 1.165) is 5.52 Å². The van der Waals surface area contributed by atoms with Crippen LogP contribution < -0.4 is 32.5 Å². The molecule has 14 nitrogen and oxygen atoms in total. The number of carbonyl (C=O) groups excluding carboxylic acids is 1. The van der Waals surface area contributed by atoms with Crippen LogP contribution in [0.1, 0.15) is 13.8 Å². The Bertz CT molecular complexity index is 941. The van der Waals surface area contributed by atoms with Gasteiger partial charge >= 0.3 is 13.9 Å². The second-order valence-corrected chi connectivity index (χ2v) is 7.58. The number of nitrogens with two attached hydrogens (primary N) is 1. The summed E-state index contributed by atoms with van der Waals surface area (Å²) in [6, 6.07) is -0.707. The van der Waals surface area contributed by atoms with Crippen molar-refractivity contribution in [1.82, 2.24) is 25.3 Å². The number of hydrogen-bond acceptors (Lipinski definition) is 11. The first-order valence-corrected chi connectivity index (χ1v) is 11.1. The van der Waals surface area contributed by atoms with Crippen LogP contribution in [0, 0.1) is 0 Å². The number of phosphoric acid groups is 1. The Morgan fingerprint density at radius 1 is 1.10 bits per heavy atom. The van der Waals surface area contributed by atoms with Crippen LogP contribution in [-0.2, 0) is 24.8 Å². The van der Waals surface area contributed by atoms with Gasteiger partial charge in [-0.15, -0.1) is 0 Å². The zero-order valence-corrected chi connectivity index (χ0v) is 19.1. The van der Waals surface area contributed by atoms with Crippen molar-refractivity contribution >= 4 is 48.2 Å². The number of carbonyl (C=O) groups is 1. The Morgan fingerprint density at radius 3 is 2.32 bits per heavy atom. The molecular weight excluding hydrogens is 429 g/mol. The van der Waals surface area contributed by atoms with Crippen LogP contribution in [-0.4, -0.2) is 61.5 Å². The van der Waals surface area contributed by atoms with Crippen LogP contribution in [0.5, 0.6) is 0 Å². The van der Waals surface area contributed by atoms with Crippen LogP contribution in [0.25, 0.3) is 11.0 Å². The summed E-state index contributed by atoms with van der Waals surface area (Å²) in [5.74, 6) is 1.39. The van der Waals surface area contributed by atoms with Crippen molar-refractivity contribution in [2.75, 3.05) is 62.6 Å². The summed E-state index contributed by atoms with van der Waals surface area (Å²) in [5, 5.41) is 11.7. The lowest BCUT2D eigenvalue weighted by Gasteiger charge is -2.17. The molecule has 0 spiro atoms. The number of hydrogen-bond donors (Lipinski definition) is 6. The average Bonchev–Trinajstić information content (AvgIpc) is 3.12. The van der Waals surface area contributed by atoms with Gasteiger partial charge < -0.3 is 31.6 Å². The third-order valence-electron chi connectivity index (χ3n) is 4.07. The minimum absolute atomic E-state index is 0.0987. The van der Waals surface area contributed by atoms with Crippen molar-refractivity contribution in [2.45, 2.75) is 20.4 Å². The van der Waals surface area contributed by atoms with Gasteiger partial charge in [-0.3, -0.25) is 9.05 Å². The quantitative estimate of drug-likeness (QED) is 0.200. The van der Waals surface area contributed by atoms with Crippen molar-refractivity contribution in [2.24, 2.45) is 0 Å². The molecule has 0 atom stereocenters. The normalized spacial score (nSPS) is 11.4. The molecule has 15 heteroatoms. The molecule has 0 fully saturated rings. The first-order valence-electron chi connectivity index (χ1n) is 9.68. The van der Waals surface area contributed by atoms with Gasteiger partial charge in [-0.05, 0) is 13.8 Å². The van der Waals surface area contributed by atoms with Gasteiger partial charge in [0, 0.05) is 34.2 Å². The monoisotopic (exact) mass is 459 g/mol. The van der Waals surface area contributed by atoms with E-state index in [-0.39, 0.29) is 25.6 Å². The van der Waals surface area contributed by atoms with Crippen molar-refractivity contribution < 1.29 is 23.0 Å². The summed E-state index contributed by atoms with van der Waals surface area (Å²) >= 11 is 0. The molecule has 0 saturated carbocycles. The number of amides is 2. The molecule has 0 aliphatic heterocycles. The third kappa shape index (κ3) is 5.67. The maximum absolute atomic E-state index is 12.2. The molecule has 0 bridgehead atoms. The van der Waals surface area contributed by atoms with E-state index in [1.165, 1.54) is 0 Å². The van der Waals surface area contributed by atoms with E-state index in [1.807, 2.05) is 10.0 Å². The van der Waals surface area contributed by atoms with Gasteiger partial charge in [-0.2, -0.15) is 4.62 Å². The highest BCUT2D eigenvalue weighted by molar-refractivity contribution is 7.48. The number of rotatable bonds is 12. The number of nitrogens with one attached hydrogen (secondary N) is 5. The lowest BCUT2D eigenvalue weighted by atomic mass is 10.3. The van der Waals surface area contributed by atoms with Gasteiger partial charge in [-0.1, -0.05) is 0 Å². The van der Waals surface area contributed by atoms with Crippen LogP contribution >= 0.6 is 7.82 Å². The fourth-order valence-electron chi connectivity index (χ4n) is 2.87. The van der Waals surface area contributed by atoms with Crippen molar-refractivity contribution in [3.05, 3.63) is 0 Å². The van der Waals surface area contributed by atoms with E-state index in [2.05, 4.69) is 31.2 Å². The van der Waals surface area contributed by atoms with Gasteiger partial charge in [0.15, 0.2) is 11.6 Å². The number of pyridine rings is 1. The molecule has 0 aliphatic carbocycles. The number of imidazole rings is 1. The van der Waals surface area contributed by atoms with Crippen LogP contribution in [0.3, 0.4) is 0 Å². The van der Waals surface area contributed by atoms with E-state index in [1.54, 1.807) is 35.0 Å². The van der Waals surface area contributed by atoms with Crippen molar-refractivity contribution in [1.29, 1.82) is 0 Å². The Labute approximate surface area is 180 Å². The van der Waals surface area contributed by atoms with Crippen molar-refractivity contribution in [3.63, 3.8) is 0 Å². The molecule has 2 amide bonds. The number of nitrogens with zero attached hydrogens (tertiary/aromatic N) is 3. The number of aromatic nitrogens is 3. The summed E-state index contributed by atoms with van der Waals surface area (Å²) in [6.07, 6.45) is 0. The smallest absolute Gasteiger partial charge is 0.383 e. The lowest BCUT2D eigenvalue weighted by Crippen LogP contribution is -2.37. The number of anilines is 4. The fraction of sp³-hybridized carbons (Fsp3) is 0.562. The zero-order chi connectivity index (χ0) is 23.0. The molecule has 2 rings (SSSR count). The third-order valence-corrected chi connectivity index (χ3v) is 5.54. The molecule has 2 heterocycles. The summed E-state index contributed by atoms with van der Waals surface area (Å²) in [7, 11) is 1.38. The number of fused-ring (bicyclic) bond motifs is 1. The largest absolute Gasteiger partial charge is 0.496 e. The molecule has 0 aromatic carbocycles. The molecule has 0 unspecified atom stereocenters. The molecule has 0 aliphatic rings. The van der Waals surface area contributed by atoms with Gasteiger partial charge in [0.25, 0.3) is 0 Å². The van der Waals surface area contributed by atoms with Gasteiger partial charge in [-0.25, -0.2) is 24.8 Å². The molecule has 0 saturated heterocycles. The van der Waals surface area contributed by atoms with E-state index < -0.39 is 13.9 Å². The van der Waals surface area contributed by atoms with Gasteiger partial charge in [0.1, 0.15) is 16.7 Å². The molecule has 2 aromatic heterocycles. The van der Waals surface area contributed by atoms with E-state index in [0.29, 0.717) is 29.5 Å². The van der Waals surface area contributed by atoms with E-state index in [9.17, 15) is 9.36 Å². The topological polar surface area (TPSA) is 179 Å². The zero-order valence-electron chi connectivity index (χ0n) is 18.2. The fourth-order valence-corrected chi connectivity index (χ4v) is 3.88. The highest BCUT2D eigenvalue weighted by Crippen LogP contribution is 2.48. The van der Waals surface area contributed by atoms with Gasteiger partial charge in [0.2, 0.25) is 5.95 Å². The second-order valence-electron chi connectivity index (χ2n) is 5.99. The summed E-state index contributed by atoms with van der Waals surface area (Å²) < 4.78 is 28.8. The predicted octanol–water partition coefficient (Wildman–Crippen LogP) is 1.55. The van der Waals surface area contributed by atoms with E-state index in [4.69, 9.17) is 19.4 Å². The Kier molecular flexibility index (Phi) is 8.68. The van der Waals surface area contributed by atoms with Crippen molar-refractivity contribution in [3.8, 4) is 0 Å². The van der Waals surface area contributed by atoms with Crippen LogP contribution in [0.15, 0.2) is 0 Å². The number of urea groups is 1. The number of hydroxylamine groups is 1. The summed E-state index contributed by atoms with van der Waals surface area (Å²) in [6.45, 7) is 4.00. The molecule has 0 radical (unpaired) electrons. The number of phosphoric ester groups is 1. The minimum atomic E-state index is -3.86. The SMILES string of the molecule is CCOP(=O)(OCC)ONC(=O)NCCn1c(NC)nc2c(N)nc(NC)c(NC)c21. The first-order chi connectivity index (χ1) is 14.8. The Balaban J connectivity index is 2.13. The Morgan fingerprint density at radius 2 is 1.77 bits per heavy atom. The molecule has 31 heavy (non-hydrogen) atoms. The minimum Gasteiger partial charge on any atom is -0.383 e. The van der Waals surface area contributed by atoms with Crippen LogP contribution in [0.2, 0.25) is 0 Å². The lowest BCUT2D eigenvalue weighted by molar-refractivity contribution is 0.0862. The Hall–Kier alpha value is -2.80. The molecule has 7 N–H and O–H groups in total. The molecule has 174 valence electrons. The summed E-state index contributed by atoms with van der Waals surface area (Å²) in [5.41, 5.74) is 10.1. The maximum Gasteiger partial charge on any atom is 0.496 e. The second kappa shape index (κ2) is 11.0. The van der Waals surface area contributed by atoms with E-state index >= 15 is 0 Å². The number of nitrogen functional groups attached to an aromatic ring is 1. The summed E-state index contributed by atoms with van der Waals surface area (Å²) in [4.78, 5) is 20.9. The standard InChI is InChI=1S/C16H30N9O5P/c1-6-28-31(27,29-7-2)30-24-16(26)21-8-9-25-12-10(22-15(25)20-5)13(17)23-14(19-4)11(12)18-3/h18H,6-9H2,1-5H3,(H,20,22)(H3,17,19,23)(H2,21,24,26). The highest BCUT2D eigenvalue weighted by Gasteiger charge is 2.27.